The number of hydrogen-bond donors (Lipinski definition) is 0. The Labute approximate surface area is 131 Å². The molecule has 0 aliphatic carbocycles. The first-order valence-electron chi connectivity index (χ1n) is 7.39. The molecule has 2 aliphatic rings. The first-order valence-corrected chi connectivity index (χ1v) is 7.39. The van der Waals surface area contributed by atoms with Crippen molar-refractivity contribution < 1.29 is 14.3 Å². The van der Waals surface area contributed by atoms with Crippen molar-refractivity contribution in [3.05, 3.63) is 34.9 Å². The van der Waals surface area contributed by atoms with Crippen LogP contribution in [0.3, 0.4) is 0 Å². The Morgan fingerprint density at radius 2 is 2.05 bits per heavy atom. The van der Waals surface area contributed by atoms with Crippen molar-refractivity contribution in [2.45, 2.75) is 33.3 Å². The van der Waals surface area contributed by atoms with Gasteiger partial charge in [-0.1, -0.05) is 5.57 Å². The highest BCUT2D eigenvalue weighted by molar-refractivity contribution is 6.33. The van der Waals surface area contributed by atoms with Crippen LogP contribution in [0.1, 0.15) is 38.8 Å². The van der Waals surface area contributed by atoms with Crippen LogP contribution in [0.2, 0.25) is 0 Å². The zero-order chi connectivity index (χ0) is 16.1. The number of ether oxygens (including phenoxy) is 2. The Kier molecular flexibility index (Phi) is 3.37. The van der Waals surface area contributed by atoms with Gasteiger partial charge in [0.1, 0.15) is 18.1 Å². The van der Waals surface area contributed by atoms with Crippen molar-refractivity contribution in [3.8, 4) is 5.75 Å². The first kappa shape index (κ1) is 14.9. The summed E-state index contributed by atoms with van der Waals surface area (Å²) in [4.78, 5) is 14.4. The largest absolute Gasteiger partial charge is 0.483 e. The highest BCUT2D eigenvalue weighted by atomic mass is 16.5. The second kappa shape index (κ2) is 4.99. The topological polar surface area (TPSA) is 38.8 Å². The van der Waals surface area contributed by atoms with Gasteiger partial charge >= 0.3 is 0 Å². The van der Waals surface area contributed by atoms with E-state index in [4.69, 9.17) is 9.47 Å². The monoisotopic (exact) mass is 299 g/mol. The minimum absolute atomic E-state index is 0.0107. The summed E-state index contributed by atoms with van der Waals surface area (Å²) in [7, 11) is 1.60. The standard InChI is InChI=1S/C18H21NO3/c1-11(2)15-13-6-7-14-12(8-9-18(3,4)22-14)16(13)19(10-21-5)17(15)20/h6-9H,10H2,1-5H3. The molecule has 4 heteroatoms. The number of carbonyl (C=O) groups is 1. The van der Waals surface area contributed by atoms with Crippen molar-refractivity contribution in [1.29, 1.82) is 0 Å². The summed E-state index contributed by atoms with van der Waals surface area (Å²) in [5.41, 5.74) is 4.20. The summed E-state index contributed by atoms with van der Waals surface area (Å²) in [6.07, 6.45) is 4.06. The third-order valence-corrected chi connectivity index (χ3v) is 3.96. The Bertz CT molecular complexity index is 709. The van der Waals surface area contributed by atoms with E-state index in [0.717, 1.165) is 33.7 Å². The van der Waals surface area contributed by atoms with Crippen molar-refractivity contribution >= 4 is 23.2 Å². The van der Waals surface area contributed by atoms with E-state index >= 15 is 0 Å². The van der Waals surface area contributed by atoms with E-state index in [1.54, 1.807) is 12.0 Å². The fraction of sp³-hybridized carbons (Fsp3) is 0.389. The van der Waals surface area contributed by atoms with Gasteiger partial charge in [-0.25, -0.2) is 0 Å². The maximum atomic E-state index is 12.7. The van der Waals surface area contributed by atoms with Crippen LogP contribution in [0.4, 0.5) is 5.69 Å². The van der Waals surface area contributed by atoms with E-state index in [-0.39, 0.29) is 18.2 Å². The zero-order valence-electron chi connectivity index (χ0n) is 13.7. The van der Waals surface area contributed by atoms with E-state index in [1.165, 1.54) is 0 Å². The van der Waals surface area contributed by atoms with Gasteiger partial charge < -0.3 is 9.47 Å². The highest BCUT2D eigenvalue weighted by Gasteiger charge is 2.37. The number of fused-ring (bicyclic) bond motifs is 3. The quantitative estimate of drug-likeness (QED) is 0.783. The number of amides is 1. The maximum Gasteiger partial charge on any atom is 0.260 e. The van der Waals surface area contributed by atoms with E-state index in [9.17, 15) is 4.79 Å². The molecular formula is C18H21NO3. The molecule has 116 valence electrons. The molecule has 0 saturated heterocycles. The molecule has 0 spiro atoms. The lowest BCUT2D eigenvalue weighted by Crippen LogP contribution is -2.31. The highest BCUT2D eigenvalue weighted by Crippen LogP contribution is 2.46. The van der Waals surface area contributed by atoms with Gasteiger partial charge in [-0.2, -0.15) is 0 Å². The molecule has 22 heavy (non-hydrogen) atoms. The molecule has 0 radical (unpaired) electrons. The van der Waals surface area contributed by atoms with Crippen molar-refractivity contribution in [1.82, 2.24) is 0 Å². The van der Waals surface area contributed by atoms with Crippen LogP contribution in [0.25, 0.3) is 11.6 Å². The second-order valence-electron chi connectivity index (χ2n) is 6.44. The molecule has 0 N–H and O–H groups in total. The van der Waals surface area contributed by atoms with Crippen LogP contribution in [0.15, 0.2) is 23.8 Å². The van der Waals surface area contributed by atoms with Crippen LogP contribution in [0, 0.1) is 0 Å². The predicted molar refractivity (Wildman–Crippen MR) is 87.8 cm³/mol. The summed E-state index contributed by atoms with van der Waals surface area (Å²) in [6.45, 7) is 8.18. The molecule has 1 aromatic rings. The van der Waals surface area contributed by atoms with Gasteiger partial charge in [0.2, 0.25) is 0 Å². The Morgan fingerprint density at radius 1 is 1.32 bits per heavy atom. The van der Waals surface area contributed by atoms with E-state index in [2.05, 4.69) is 0 Å². The SMILES string of the molecule is COCN1C(=O)C(=C(C)C)c2ccc3c(c21)C=CC(C)(C)O3. The van der Waals surface area contributed by atoms with Crippen molar-refractivity contribution in [2.75, 3.05) is 18.7 Å². The van der Waals surface area contributed by atoms with E-state index in [1.807, 2.05) is 52.0 Å². The number of allylic oxidation sites excluding steroid dienone is 1. The molecular weight excluding hydrogens is 278 g/mol. The summed E-state index contributed by atoms with van der Waals surface area (Å²) < 4.78 is 11.3. The number of anilines is 1. The van der Waals surface area contributed by atoms with Crippen molar-refractivity contribution in [3.63, 3.8) is 0 Å². The smallest absolute Gasteiger partial charge is 0.260 e. The maximum absolute atomic E-state index is 12.7. The second-order valence-corrected chi connectivity index (χ2v) is 6.44. The lowest BCUT2D eigenvalue weighted by molar-refractivity contribution is -0.113. The van der Waals surface area contributed by atoms with E-state index < -0.39 is 0 Å². The summed E-state index contributed by atoms with van der Waals surface area (Å²) >= 11 is 0. The number of rotatable bonds is 2. The third kappa shape index (κ3) is 2.15. The number of carbonyl (C=O) groups excluding carboxylic acids is 1. The van der Waals surface area contributed by atoms with Gasteiger partial charge in [-0.05, 0) is 52.0 Å². The Morgan fingerprint density at radius 3 is 2.68 bits per heavy atom. The molecule has 4 nitrogen and oxygen atoms in total. The van der Waals surface area contributed by atoms with Crippen LogP contribution < -0.4 is 9.64 Å². The molecule has 0 saturated carbocycles. The van der Waals surface area contributed by atoms with Crippen LogP contribution >= 0.6 is 0 Å². The molecule has 0 bridgehead atoms. The molecule has 0 unspecified atom stereocenters. The minimum atomic E-state index is -0.338. The normalized spacial score (nSPS) is 18.1. The van der Waals surface area contributed by atoms with Gasteiger partial charge in [0.05, 0.1) is 5.69 Å². The molecule has 0 aromatic heterocycles. The fourth-order valence-electron chi connectivity index (χ4n) is 3.02. The van der Waals surface area contributed by atoms with Gasteiger partial charge in [-0.15, -0.1) is 0 Å². The number of nitrogens with zero attached hydrogens (tertiary/aromatic N) is 1. The predicted octanol–water partition coefficient (Wildman–Crippen LogP) is 3.61. The van der Waals surface area contributed by atoms with Crippen LogP contribution in [-0.4, -0.2) is 25.3 Å². The zero-order valence-corrected chi connectivity index (χ0v) is 13.7. The number of methoxy groups -OCH3 is 1. The third-order valence-electron chi connectivity index (χ3n) is 3.96. The number of hydrogen-bond acceptors (Lipinski definition) is 3. The lowest BCUT2D eigenvalue weighted by atomic mass is 9.96. The minimum Gasteiger partial charge on any atom is -0.483 e. The molecule has 3 rings (SSSR count). The van der Waals surface area contributed by atoms with E-state index in [0.29, 0.717) is 0 Å². The molecule has 1 aromatic carbocycles. The van der Waals surface area contributed by atoms with Crippen molar-refractivity contribution in [2.24, 2.45) is 0 Å². The fourth-order valence-corrected chi connectivity index (χ4v) is 3.02. The molecule has 0 atom stereocenters. The molecule has 2 heterocycles. The number of benzene rings is 1. The summed E-state index contributed by atoms with van der Waals surface area (Å²) in [5.74, 6) is 0.790. The van der Waals surface area contributed by atoms with Crippen LogP contribution in [0.5, 0.6) is 5.75 Å². The molecule has 2 aliphatic heterocycles. The summed E-state index contributed by atoms with van der Waals surface area (Å²) in [6, 6.07) is 3.92. The average molecular weight is 299 g/mol. The first-order chi connectivity index (χ1) is 10.4. The summed E-state index contributed by atoms with van der Waals surface area (Å²) in [5, 5.41) is 0. The Hall–Kier alpha value is -2.07. The lowest BCUT2D eigenvalue weighted by Gasteiger charge is -2.30. The molecule has 0 fully saturated rings. The van der Waals surface area contributed by atoms with Gasteiger partial charge in [0, 0.05) is 23.8 Å². The van der Waals surface area contributed by atoms with Gasteiger partial charge in [0.25, 0.3) is 5.91 Å². The molecule has 1 amide bonds. The van der Waals surface area contributed by atoms with Gasteiger partial charge in [-0.3, -0.25) is 9.69 Å². The van der Waals surface area contributed by atoms with Gasteiger partial charge in [0.15, 0.2) is 0 Å². The Balaban J connectivity index is 2.24. The van der Waals surface area contributed by atoms with Crippen LogP contribution in [-0.2, 0) is 9.53 Å². The average Bonchev–Trinajstić information content (AvgIpc) is 2.71.